The number of fused-ring (bicyclic) bond motifs is 1. The van der Waals surface area contributed by atoms with Crippen molar-refractivity contribution in [1.29, 1.82) is 0 Å². The number of benzene rings is 1. The van der Waals surface area contributed by atoms with Gasteiger partial charge in [-0.1, -0.05) is 0 Å². The number of hydrogen-bond donors (Lipinski definition) is 0. The third-order valence-electron chi connectivity index (χ3n) is 3.20. The Morgan fingerprint density at radius 3 is 2.00 bits per heavy atom. The smallest absolute Gasteiger partial charge is 0.198 e. The van der Waals surface area contributed by atoms with E-state index in [0.29, 0.717) is 19.1 Å². The fourth-order valence-corrected chi connectivity index (χ4v) is 2.34. The molecule has 1 aliphatic rings. The molecule has 0 bridgehead atoms. The van der Waals surface area contributed by atoms with Gasteiger partial charge < -0.3 is 9.47 Å². The summed E-state index contributed by atoms with van der Waals surface area (Å²) in [5, 5.41) is 0. The first-order chi connectivity index (χ1) is 8.21. The highest BCUT2D eigenvalue weighted by Crippen LogP contribution is 2.39. The molecule has 17 heavy (non-hydrogen) atoms. The van der Waals surface area contributed by atoms with Crippen LogP contribution in [0.2, 0.25) is 0 Å². The van der Waals surface area contributed by atoms with E-state index in [9.17, 15) is 9.59 Å². The maximum atomic E-state index is 11.4. The van der Waals surface area contributed by atoms with Crippen molar-refractivity contribution in [3.05, 3.63) is 23.3 Å². The lowest BCUT2D eigenvalue weighted by molar-refractivity contribution is -0.132. The molecule has 4 heteroatoms. The van der Waals surface area contributed by atoms with E-state index in [1.807, 2.05) is 12.1 Å². The van der Waals surface area contributed by atoms with E-state index in [4.69, 9.17) is 9.47 Å². The molecule has 90 valence electrons. The van der Waals surface area contributed by atoms with Crippen molar-refractivity contribution >= 4 is 12.1 Å². The lowest BCUT2D eigenvalue weighted by Crippen LogP contribution is -2.15. The summed E-state index contributed by atoms with van der Waals surface area (Å²) in [6.07, 6.45) is 1.50. The Morgan fingerprint density at radius 1 is 1.18 bits per heavy atom. The second kappa shape index (κ2) is 4.57. The molecule has 1 aromatic rings. The van der Waals surface area contributed by atoms with Crippen LogP contribution in [0.1, 0.15) is 11.1 Å². The number of rotatable bonds is 4. The molecule has 0 amide bonds. The summed E-state index contributed by atoms with van der Waals surface area (Å²) in [4.78, 5) is 22.0. The molecular weight excluding hydrogens is 220 g/mol. The zero-order valence-corrected chi connectivity index (χ0v) is 9.86. The Hall–Kier alpha value is -1.84. The Morgan fingerprint density at radius 2 is 1.65 bits per heavy atom. The maximum absolute atomic E-state index is 11.4. The predicted molar refractivity (Wildman–Crippen MR) is 61.5 cm³/mol. The molecule has 0 spiro atoms. The Labute approximate surface area is 99.5 Å². The van der Waals surface area contributed by atoms with Crippen molar-refractivity contribution in [3.8, 4) is 11.5 Å². The van der Waals surface area contributed by atoms with Gasteiger partial charge in [0.1, 0.15) is 11.5 Å². The van der Waals surface area contributed by atoms with Gasteiger partial charge in [0.15, 0.2) is 12.1 Å². The number of carbonyl (C=O) groups is 2. The summed E-state index contributed by atoms with van der Waals surface area (Å²) in [5.41, 5.74) is 1.96. The molecule has 2 rings (SSSR count). The molecule has 0 atom stereocenters. The fraction of sp³-hybridized carbons (Fsp3) is 0.385. The minimum atomic E-state index is -0.356. The van der Waals surface area contributed by atoms with Crippen molar-refractivity contribution < 1.29 is 19.1 Å². The van der Waals surface area contributed by atoms with Crippen LogP contribution >= 0.6 is 0 Å². The van der Waals surface area contributed by atoms with Gasteiger partial charge in [0.2, 0.25) is 0 Å². The van der Waals surface area contributed by atoms with Crippen molar-refractivity contribution in [1.82, 2.24) is 0 Å². The number of carbonyl (C=O) groups excluding carboxylic acids is 2. The van der Waals surface area contributed by atoms with Crippen LogP contribution in [0.15, 0.2) is 12.1 Å². The molecular formula is C13H14O4. The largest absolute Gasteiger partial charge is 0.496 e. The third-order valence-corrected chi connectivity index (χ3v) is 3.20. The molecule has 0 unspecified atom stereocenters. The van der Waals surface area contributed by atoms with Crippen molar-refractivity contribution in [2.75, 3.05) is 14.2 Å². The Kier molecular flexibility index (Phi) is 3.13. The minimum Gasteiger partial charge on any atom is -0.496 e. The maximum Gasteiger partial charge on any atom is 0.198 e. The first-order valence-electron chi connectivity index (χ1n) is 5.43. The number of hydrogen-bond acceptors (Lipinski definition) is 4. The molecule has 0 aliphatic heterocycles. The quantitative estimate of drug-likeness (QED) is 0.580. The van der Waals surface area contributed by atoms with E-state index in [2.05, 4.69) is 0 Å². The molecule has 0 aromatic heterocycles. The summed E-state index contributed by atoms with van der Waals surface area (Å²) in [7, 11) is 3.19. The average Bonchev–Trinajstić information content (AvgIpc) is 2.81. The molecule has 1 aliphatic carbocycles. The first-order valence-corrected chi connectivity index (χ1v) is 5.43. The number of ketones is 1. The lowest BCUT2D eigenvalue weighted by atomic mass is 10.0. The topological polar surface area (TPSA) is 52.6 Å². The Bertz CT molecular complexity index is 432. The zero-order valence-electron chi connectivity index (χ0n) is 9.86. The number of methoxy groups -OCH3 is 2. The van der Waals surface area contributed by atoms with Crippen LogP contribution < -0.4 is 9.47 Å². The van der Waals surface area contributed by atoms with Crippen molar-refractivity contribution in [2.45, 2.75) is 12.8 Å². The second-order valence-electron chi connectivity index (χ2n) is 4.05. The molecule has 0 saturated carbocycles. The number of Topliss-reactive ketones (excluding diaryl/α,β-unsaturated/α-hetero) is 1. The highest BCUT2D eigenvalue weighted by Gasteiger charge is 2.31. The average molecular weight is 234 g/mol. The van der Waals surface area contributed by atoms with E-state index < -0.39 is 0 Å². The van der Waals surface area contributed by atoms with Gasteiger partial charge in [-0.05, 0) is 25.0 Å². The van der Waals surface area contributed by atoms with E-state index in [1.165, 1.54) is 0 Å². The molecule has 4 nitrogen and oxygen atoms in total. The molecule has 0 saturated heterocycles. The normalized spacial score (nSPS) is 14.2. The fourth-order valence-electron chi connectivity index (χ4n) is 2.34. The van der Waals surface area contributed by atoms with E-state index in [0.717, 1.165) is 22.6 Å². The van der Waals surface area contributed by atoms with Gasteiger partial charge >= 0.3 is 0 Å². The summed E-state index contributed by atoms with van der Waals surface area (Å²) in [6, 6.07) is 3.65. The molecule has 0 heterocycles. The number of ether oxygens (including phenoxy) is 2. The van der Waals surface area contributed by atoms with Crippen LogP contribution in [0, 0.1) is 5.92 Å². The predicted octanol–water partition coefficient (Wildman–Crippen LogP) is 1.19. The van der Waals surface area contributed by atoms with Crippen molar-refractivity contribution in [2.24, 2.45) is 5.92 Å². The summed E-state index contributed by atoms with van der Waals surface area (Å²) in [6.45, 7) is 0. The monoisotopic (exact) mass is 234 g/mol. The van der Waals surface area contributed by atoms with Gasteiger partial charge in [-0.3, -0.25) is 9.59 Å². The van der Waals surface area contributed by atoms with Crippen molar-refractivity contribution in [3.63, 3.8) is 0 Å². The molecule has 0 fully saturated rings. The van der Waals surface area contributed by atoms with Crippen LogP contribution in [0.3, 0.4) is 0 Å². The van der Waals surface area contributed by atoms with Crippen LogP contribution in [-0.2, 0) is 22.4 Å². The Balaban J connectivity index is 2.40. The van der Waals surface area contributed by atoms with Crippen LogP contribution in [0.25, 0.3) is 0 Å². The molecule has 1 aromatic carbocycles. The van der Waals surface area contributed by atoms with Gasteiger partial charge in [0.25, 0.3) is 0 Å². The van der Waals surface area contributed by atoms with E-state index >= 15 is 0 Å². The molecule has 0 radical (unpaired) electrons. The van der Waals surface area contributed by atoms with Gasteiger partial charge in [0.05, 0.1) is 14.2 Å². The van der Waals surface area contributed by atoms with Gasteiger partial charge in [-0.25, -0.2) is 0 Å². The van der Waals surface area contributed by atoms with Gasteiger partial charge in [0, 0.05) is 17.0 Å². The SMILES string of the molecule is COc1ccc(OC)c2c1CC(C(=O)C=O)C2. The lowest BCUT2D eigenvalue weighted by Gasteiger charge is -2.10. The highest BCUT2D eigenvalue weighted by molar-refractivity contribution is 6.26. The second-order valence-corrected chi connectivity index (χ2v) is 4.05. The van der Waals surface area contributed by atoms with Crippen LogP contribution in [0.4, 0.5) is 0 Å². The zero-order chi connectivity index (χ0) is 12.4. The summed E-state index contributed by atoms with van der Waals surface area (Å²) in [5.74, 6) is 0.877. The van der Waals surface area contributed by atoms with Gasteiger partial charge in [-0.15, -0.1) is 0 Å². The first kappa shape index (κ1) is 11.6. The molecule has 0 N–H and O–H groups in total. The standard InChI is InChI=1S/C13H14O4/c1-16-12-3-4-13(17-2)10-6-8(5-9(10)12)11(15)7-14/h3-4,7-8H,5-6H2,1-2H3. The highest BCUT2D eigenvalue weighted by atomic mass is 16.5. The minimum absolute atomic E-state index is 0.271. The third kappa shape index (κ3) is 1.90. The summed E-state index contributed by atoms with van der Waals surface area (Å²) < 4.78 is 10.5. The van der Waals surface area contributed by atoms with E-state index in [-0.39, 0.29) is 11.7 Å². The van der Waals surface area contributed by atoms with Crippen LogP contribution in [0.5, 0.6) is 11.5 Å². The van der Waals surface area contributed by atoms with Crippen LogP contribution in [-0.4, -0.2) is 26.3 Å². The van der Waals surface area contributed by atoms with Gasteiger partial charge in [-0.2, -0.15) is 0 Å². The summed E-state index contributed by atoms with van der Waals surface area (Å²) >= 11 is 0. The van der Waals surface area contributed by atoms with E-state index in [1.54, 1.807) is 14.2 Å². The number of aldehydes is 1.